The van der Waals surface area contributed by atoms with Crippen molar-refractivity contribution in [1.29, 1.82) is 0 Å². The Balaban J connectivity index is 1.51. The fourth-order valence-electron chi connectivity index (χ4n) is 3.50. The lowest BCUT2D eigenvalue weighted by molar-refractivity contribution is 0.0157. The van der Waals surface area contributed by atoms with Crippen LogP contribution in [-0.2, 0) is 13.1 Å². The zero-order chi connectivity index (χ0) is 17.1. The Morgan fingerprint density at radius 1 is 1.16 bits per heavy atom. The van der Waals surface area contributed by atoms with Crippen molar-refractivity contribution in [1.82, 2.24) is 15.2 Å². The lowest BCUT2D eigenvalue weighted by atomic mass is 10.0. The van der Waals surface area contributed by atoms with E-state index < -0.39 is 5.60 Å². The molecule has 1 saturated heterocycles. The van der Waals surface area contributed by atoms with Gasteiger partial charge < -0.3 is 19.9 Å². The average molecular weight is 341 g/mol. The fourth-order valence-corrected chi connectivity index (χ4v) is 3.50. The topological polar surface area (TPSA) is 66.9 Å². The first-order valence-corrected chi connectivity index (χ1v) is 8.63. The number of nitrogens with zero attached hydrogens (tertiary/aromatic N) is 2. The Labute approximate surface area is 147 Å². The molecule has 0 unspecified atom stereocenters. The summed E-state index contributed by atoms with van der Waals surface area (Å²) in [5, 5.41) is 14.1. The molecule has 6 nitrogen and oxygen atoms in total. The molecule has 0 radical (unpaired) electrons. The van der Waals surface area contributed by atoms with E-state index in [1.54, 1.807) is 6.20 Å². The van der Waals surface area contributed by atoms with Crippen LogP contribution < -0.4 is 14.8 Å². The maximum atomic E-state index is 10.8. The third-order valence-electron chi connectivity index (χ3n) is 4.71. The summed E-state index contributed by atoms with van der Waals surface area (Å²) < 4.78 is 10.9. The monoisotopic (exact) mass is 341 g/mol. The minimum absolute atomic E-state index is 0.281. The highest BCUT2D eigenvalue weighted by Crippen LogP contribution is 2.33. The first-order valence-electron chi connectivity index (χ1n) is 8.63. The molecular formula is C19H23N3O3. The Morgan fingerprint density at radius 3 is 2.84 bits per heavy atom. The number of benzene rings is 1. The second kappa shape index (κ2) is 7.00. The molecule has 132 valence electrons. The third-order valence-corrected chi connectivity index (χ3v) is 4.71. The van der Waals surface area contributed by atoms with Gasteiger partial charge in [0.05, 0.1) is 5.60 Å². The van der Waals surface area contributed by atoms with Gasteiger partial charge in [0.15, 0.2) is 11.5 Å². The molecule has 1 aromatic heterocycles. The molecule has 1 aromatic carbocycles. The van der Waals surface area contributed by atoms with E-state index in [1.165, 1.54) is 0 Å². The largest absolute Gasteiger partial charge is 0.454 e. The van der Waals surface area contributed by atoms with Gasteiger partial charge in [-0.3, -0.25) is 9.88 Å². The van der Waals surface area contributed by atoms with Crippen LogP contribution in [0.1, 0.15) is 17.5 Å². The highest BCUT2D eigenvalue weighted by molar-refractivity contribution is 5.44. The van der Waals surface area contributed by atoms with Crippen LogP contribution in [-0.4, -0.2) is 47.0 Å². The molecule has 1 atom stereocenters. The number of pyridine rings is 1. The standard InChI is InChI=1S/C19H23N3O3/c23-19(5-7-21-12-19)13-22(11-16-2-1-6-20-9-16)10-15-3-4-17-18(8-15)25-14-24-17/h1-4,6,8-9,21,23H,5,7,10-14H2/t19-/m1/s1. The van der Waals surface area contributed by atoms with E-state index in [0.29, 0.717) is 13.1 Å². The molecule has 2 aliphatic heterocycles. The summed E-state index contributed by atoms with van der Waals surface area (Å²) in [5.41, 5.74) is 1.60. The smallest absolute Gasteiger partial charge is 0.231 e. The molecule has 25 heavy (non-hydrogen) atoms. The molecule has 0 aliphatic carbocycles. The van der Waals surface area contributed by atoms with Gasteiger partial charge in [-0.05, 0) is 42.3 Å². The molecule has 3 heterocycles. The molecule has 2 aromatic rings. The Kier molecular flexibility index (Phi) is 4.57. The van der Waals surface area contributed by atoms with Gasteiger partial charge in [-0.25, -0.2) is 0 Å². The second-order valence-electron chi connectivity index (χ2n) is 6.85. The van der Waals surface area contributed by atoms with Gasteiger partial charge in [0.25, 0.3) is 0 Å². The van der Waals surface area contributed by atoms with Gasteiger partial charge >= 0.3 is 0 Å². The average Bonchev–Trinajstić information content (AvgIpc) is 3.24. The minimum atomic E-state index is -0.682. The van der Waals surface area contributed by atoms with Crippen LogP contribution >= 0.6 is 0 Å². The van der Waals surface area contributed by atoms with E-state index >= 15 is 0 Å². The number of aliphatic hydroxyl groups is 1. The highest BCUT2D eigenvalue weighted by atomic mass is 16.7. The molecule has 0 spiro atoms. The SMILES string of the molecule is O[C@]1(CN(Cc2cccnc2)Cc2ccc3c(c2)OCO3)CCNC1. The first kappa shape index (κ1) is 16.3. The lowest BCUT2D eigenvalue weighted by Crippen LogP contribution is -2.44. The summed E-state index contributed by atoms with van der Waals surface area (Å²) in [4.78, 5) is 6.47. The highest BCUT2D eigenvalue weighted by Gasteiger charge is 2.33. The Hall–Kier alpha value is -2.15. The molecule has 1 fully saturated rings. The molecule has 0 amide bonds. The van der Waals surface area contributed by atoms with Crippen LogP contribution in [0.2, 0.25) is 0 Å². The fraction of sp³-hybridized carbons (Fsp3) is 0.421. The summed E-state index contributed by atoms with van der Waals surface area (Å²) in [6.45, 7) is 3.87. The van der Waals surface area contributed by atoms with Crippen LogP contribution in [0.5, 0.6) is 11.5 Å². The predicted octanol–water partition coefficient (Wildman–Crippen LogP) is 1.54. The molecule has 2 N–H and O–H groups in total. The summed E-state index contributed by atoms with van der Waals surface area (Å²) in [6.07, 6.45) is 4.43. The number of aromatic nitrogens is 1. The molecule has 4 rings (SSSR count). The van der Waals surface area contributed by atoms with Crippen molar-refractivity contribution >= 4 is 0 Å². The molecular weight excluding hydrogens is 318 g/mol. The van der Waals surface area contributed by atoms with E-state index in [2.05, 4.69) is 27.3 Å². The van der Waals surface area contributed by atoms with Crippen molar-refractivity contribution in [3.63, 3.8) is 0 Å². The lowest BCUT2D eigenvalue weighted by Gasteiger charge is -2.31. The van der Waals surface area contributed by atoms with Gasteiger partial charge in [-0.2, -0.15) is 0 Å². The van der Waals surface area contributed by atoms with E-state index in [0.717, 1.165) is 48.7 Å². The number of rotatable bonds is 6. The van der Waals surface area contributed by atoms with Crippen molar-refractivity contribution in [2.24, 2.45) is 0 Å². The zero-order valence-electron chi connectivity index (χ0n) is 14.1. The number of nitrogens with one attached hydrogen (secondary N) is 1. The molecule has 0 bridgehead atoms. The van der Waals surface area contributed by atoms with Crippen molar-refractivity contribution in [2.75, 3.05) is 26.4 Å². The van der Waals surface area contributed by atoms with E-state index in [1.807, 2.05) is 24.4 Å². The van der Waals surface area contributed by atoms with Crippen molar-refractivity contribution < 1.29 is 14.6 Å². The molecule has 0 saturated carbocycles. The quantitative estimate of drug-likeness (QED) is 0.831. The summed E-state index contributed by atoms with van der Waals surface area (Å²) in [7, 11) is 0. The van der Waals surface area contributed by atoms with Crippen molar-refractivity contribution in [2.45, 2.75) is 25.1 Å². The van der Waals surface area contributed by atoms with Crippen LogP contribution in [0.3, 0.4) is 0 Å². The number of hydrogen-bond donors (Lipinski definition) is 2. The summed E-state index contributed by atoms with van der Waals surface area (Å²) in [5.74, 6) is 1.58. The van der Waals surface area contributed by atoms with Crippen LogP contribution in [0.25, 0.3) is 0 Å². The van der Waals surface area contributed by atoms with Gasteiger partial charge in [0.1, 0.15) is 0 Å². The van der Waals surface area contributed by atoms with Crippen LogP contribution in [0.15, 0.2) is 42.7 Å². The maximum absolute atomic E-state index is 10.8. The maximum Gasteiger partial charge on any atom is 0.231 e. The first-order chi connectivity index (χ1) is 12.2. The van der Waals surface area contributed by atoms with Crippen molar-refractivity contribution in [3.05, 3.63) is 53.9 Å². The van der Waals surface area contributed by atoms with Gasteiger partial charge in [0.2, 0.25) is 6.79 Å². The predicted molar refractivity (Wildman–Crippen MR) is 93.4 cm³/mol. The Bertz CT molecular complexity index is 717. The van der Waals surface area contributed by atoms with Crippen LogP contribution in [0, 0.1) is 0 Å². The van der Waals surface area contributed by atoms with E-state index in [-0.39, 0.29) is 6.79 Å². The zero-order valence-corrected chi connectivity index (χ0v) is 14.1. The third kappa shape index (κ3) is 3.92. The van der Waals surface area contributed by atoms with Gasteiger partial charge in [0, 0.05) is 38.6 Å². The second-order valence-corrected chi connectivity index (χ2v) is 6.85. The molecule has 2 aliphatic rings. The van der Waals surface area contributed by atoms with E-state index in [4.69, 9.17) is 9.47 Å². The molecule has 6 heteroatoms. The normalized spacial score (nSPS) is 21.8. The van der Waals surface area contributed by atoms with Gasteiger partial charge in [-0.1, -0.05) is 12.1 Å². The summed E-state index contributed by atoms with van der Waals surface area (Å²) in [6, 6.07) is 10.0. The van der Waals surface area contributed by atoms with E-state index in [9.17, 15) is 5.11 Å². The number of fused-ring (bicyclic) bond motifs is 1. The van der Waals surface area contributed by atoms with Crippen LogP contribution in [0.4, 0.5) is 0 Å². The number of β-amino-alcohol motifs (C(OH)–C–C–N with tert-alkyl or cyclic N) is 1. The van der Waals surface area contributed by atoms with Crippen molar-refractivity contribution in [3.8, 4) is 11.5 Å². The Morgan fingerprint density at radius 2 is 2.04 bits per heavy atom. The number of ether oxygens (including phenoxy) is 2. The minimum Gasteiger partial charge on any atom is -0.454 e. The van der Waals surface area contributed by atoms with Gasteiger partial charge in [-0.15, -0.1) is 0 Å². The summed E-state index contributed by atoms with van der Waals surface area (Å²) >= 11 is 0. The number of hydrogen-bond acceptors (Lipinski definition) is 6.